The summed E-state index contributed by atoms with van der Waals surface area (Å²) in [5.74, 6) is 1.00. The second-order valence-corrected chi connectivity index (χ2v) is 5.32. The Morgan fingerprint density at radius 1 is 1.11 bits per heavy atom. The summed E-state index contributed by atoms with van der Waals surface area (Å²) >= 11 is 0. The number of ether oxygens (including phenoxy) is 3. The van der Waals surface area contributed by atoms with Gasteiger partial charge in [-0.1, -0.05) is 12.8 Å². The van der Waals surface area contributed by atoms with Gasteiger partial charge in [0.15, 0.2) is 11.5 Å². The van der Waals surface area contributed by atoms with Gasteiger partial charge in [0.2, 0.25) is 0 Å². The lowest BCUT2D eigenvalue weighted by Crippen LogP contribution is -2.36. The molecular weight excluding hydrogens is 244 g/mol. The van der Waals surface area contributed by atoms with Crippen LogP contribution in [0.3, 0.4) is 0 Å². The third-order valence-corrected chi connectivity index (χ3v) is 4.36. The summed E-state index contributed by atoms with van der Waals surface area (Å²) < 4.78 is 16.0. The normalized spacial score (nSPS) is 20.0. The Kier molecular flexibility index (Phi) is 2.88. The topological polar surface area (TPSA) is 44.8 Å². The van der Waals surface area contributed by atoms with Crippen molar-refractivity contribution in [1.82, 2.24) is 0 Å². The van der Waals surface area contributed by atoms with Gasteiger partial charge in [-0.05, 0) is 30.5 Å². The first-order valence-corrected chi connectivity index (χ1v) is 6.64. The molecule has 19 heavy (non-hydrogen) atoms. The van der Waals surface area contributed by atoms with E-state index in [0.717, 1.165) is 18.4 Å². The Balaban J connectivity index is 2.18. The fourth-order valence-corrected chi connectivity index (χ4v) is 3.31. The molecule has 4 nitrogen and oxygen atoms in total. The van der Waals surface area contributed by atoms with Crippen LogP contribution in [-0.2, 0) is 10.2 Å². The number of carbonyl (C=O) groups is 1. The van der Waals surface area contributed by atoms with Crippen molar-refractivity contribution >= 4 is 5.97 Å². The molecule has 1 aromatic carbocycles. The molecule has 3 rings (SSSR count). The van der Waals surface area contributed by atoms with Gasteiger partial charge >= 0.3 is 5.97 Å². The third kappa shape index (κ3) is 1.78. The molecule has 102 valence electrons. The Morgan fingerprint density at radius 3 is 2.37 bits per heavy atom. The summed E-state index contributed by atoms with van der Waals surface area (Å²) in [7, 11) is 3.19. The Labute approximate surface area is 112 Å². The van der Waals surface area contributed by atoms with Crippen LogP contribution < -0.4 is 9.47 Å². The molecule has 0 saturated heterocycles. The molecule has 1 saturated carbocycles. The molecule has 1 aromatic rings. The molecule has 1 aliphatic heterocycles. The van der Waals surface area contributed by atoms with Crippen molar-refractivity contribution in [3.8, 4) is 11.5 Å². The maximum Gasteiger partial charge on any atom is 0.338 e. The van der Waals surface area contributed by atoms with Crippen LogP contribution in [0, 0.1) is 0 Å². The summed E-state index contributed by atoms with van der Waals surface area (Å²) in [5, 5.41) is 0. The predicted octanol–water partition coefficient (Wildman–Crippen LogP) is 2.69. The van der Waals surface area contributed by atoms with Gasteiger partial charge in [0.05, 0.1) is 19.8 Å². The fourth-order valence-electron chi connectivity index (χ4n) is 3.31. The minimum Gasteiger partial charge on any atom is -0.493 e. The number of cyclic esters (lactones) is 1. The summed E-state index contributed by atoms with van der Waals surface area (Å²) in [6.07, 6.45) is 4.52. The van der Waals surface area contributed by atoms with E-state index >= 15 is 0 Å². The molecule has 1 heterocycles. The first-order valence-electron chi connectivity index (χ1n) is 6.64. The number of hydrogen-bond donors (Lipinski definition) is 0. The van der Waals surface area contributed by atoms with E-state index in [9.17, 15) is 4.79 Å². The van der Waals surface area contributed by atoms with Gasteiger partial charge in [-0.15, -0.1) is 0 Å². The van der Waals surface area contributed by atoms with E-state index in [0.29, 0.717) is 23.7 Å². The second-order valence-electron chi connectivity index (χ2n) is 5.32. The van der Waals surface area contributed by atoms with Gasteiger partial charge in [0, 0.05) is 5.41 Å². The minimum atomic E-state index is -0.256. The van der Waals surface area contributed by atoms with E-state index in [4.69, 9.17) is 14.2 Å². The monoisotopic (exact) mass is 262 g/mol. The minimum absolute atomic E-state index is 0.0111. The van der Waals surface area contributed by atoms with Crippen LogP contribution in [0.15, 0.2) is 12.1 Å². The lowest BCUT2D eigenvalue weighted by atomic mass is 9.75. The summed E-state index contributed by atoms with van der Waals surface area (Å²) in [6, 6.07) is 3.70. The predicted molar refractivity (Wildman–Crippen MR) is 70.0 cm³/mol. The van der Waals surface area contributed by atoms with Crippen LogP contribution >= 0.6 is 0 Å². The zero-order valence-electron chi connectivity index (χ0n) is 11.3. The number of carbonyl (C=O) groups excluding carboxylic acids is 1. The maximum atomic E-state index is 12.0. The lowest BCUT2D eigenvalue weighted by molar-refractivity contribution is 0.0340. The van der Waals surface area contributed by atoms with Crippen molar-refractivity contribution in [1.29, 1.82) is 0 Å². The molecule has 0 amide bonds. The van der Waals surface area contributed by atoms with Crippen LogP contribution in [0.25, 0.3) is 0 Å². The van der Waals surface area contributed by atoms with Crippen molar-refractivity contribution in [3.63, 3.8) is 0 Å². The largest absolute Gasteiger partial charge is 0.493 e. The quantitative estimate of drug-likeness (QED) is 0.769. The van der Waals surface area contributed by atoms with E-state index in [1.807, 2.05) is 6.07 Å². The number of fused-ring (bicyclic) bond motifs is 2. The molecule has 1 spiro atoms. The molecule has 4 heteroatoms. The average molecular weight is 262 g/mol. The van der Waals surface area contributed by atoms with Crippen molar-refractivity contribution in [2.45, 2.75) is 31.1 Å². The van der Waals surface area contributed by atoms with Gasteiger partial charge < -0.3 is 14.2 Å². The molecule has 1 aliphatic carbocycles. The number of rotatable bonds is 2. The molecule has 2 aliphatic rings. The molecule has 0 atom stereocenters. The third-order valence-electron chi connectivity index (χ3n) is 4.36. The van der Waals surface area contributed by atoms with E-state index < -0.39 is 0 Å². The standard InChI is InChI=1S/C15H18O4/c1-17-12-7-10-11(8-13(12)18-2)15(5-3-4-6-15)9-19-14(10)16/h7-8H,3-6,9H2,1-2H3. The summed E-state index contributed by atoms with van der Waals surface area (Å²) in [5.41, 5.74) is 1.69. The van der Waals surface area contributed by atoms with E-state index in [-0.39, 0.29) is 11.4 Å². The number of methoxy groups -OCH3 is 2. The smallest absolute Gasteiger partial charge is 0.338 e. The zero-order chi connectivity index (χ0) is 13.5. The SMILES string of the molecule is COc1cc2c(cc1OC)C1(CCCC1)COC2=O. The molecule has 0 unspecified atom stereocenters. The maximum absolute atomic E-state index is 12.0. The molecule has 1 fully saturated rings. The Bertz CT molecular complexity index is 515. The zero-order valence-corrected chi connectivity index (χ0v) is 11.3. The van der Waals surface area contributed by atoms with Gasteiger partial charge in [0.25, 0.3) is 0 Å². The highest BCUT2D eigenvalue weighted by atomic mass is 16.5. The van der Waals surface area contributed by atoms with Crippen molar-refractivity contribution in [3.05, 3.63) is 23.3 Å². The number of hydrogen-bond acceptors (Lipinski definition) is 4. The van der Waals surface area contributed by atoms with E-state index in [1.165, 1.54) is 12.8 Å². The fraction of sp³-hybridized carbons (Fsp3) is 0.533. The molecular formula is C15H18O4. The van der Waals surface area contributed by atoms with Gasteiger partial charge in [0.1, 0.15) is 6.61 Å². The highest BCUT2D eigenvalue weighted by molar-refractivity contribution is 5.93. The van der Waals surface area contributed by atoms with Gasteiger partial charge in [-0.2, -0.15) is 0 Å². The Morgan fingerprint density at radius 2 is 1.74 bits per heavy atom. The Hall–Kier alpha value is -1.71. The van der Waals surface area contributed by atoms with Crippen molar-refractivity contribution in [2.24, 2.45) is 0 Å². The van der Waals surface area contributed by atoms with Crippen molar-refractivity contribution in [2.75, 3.05) is 20.8 Å². The van der Waals surface area contributed by atoms with Crippen LogP contribution in [0.2, 0.25) is 0 Å². The van der Waals surface area contributed by atoms with Crippen LogP contribution in [0.4, 0.5) is 0 Å². The van der Waals surface area contributed by atoms with Gasteiger partial charge in [-0.25, -0.2) is 4.79 Å². The summed E-state index contributed by atoms with van der Waals surface area (Å²) in [6.45, 7) is 0.494. The first kappa shape index (κ1) is 12.3. The number of esters is 1. The second kappa shape index (κ2) is 4.44. The molecule has 0 radical (unpaired) electrons. The van der Waals surface area contributed by atoms with Crippen LogP contribution in [0.1, 0.15) is 41.6 Å². The first-order chi connectivity index (χ1) is 9.20. The molecule has 0 aromatic heterocycles. The highest BCUT2D eigenvalue weighted by Gasteiger charge is 2.43. The van der Waals surface area contributed by atoms with Crippen molar-refractivity contribution < 1.29 is 19.0 Å². The molecule has 0 N–H and O–H groups in total. The van der Waals surface area contributed by atoms with E-state index in [1.54, 1.807) is 20.3 Å². The van der Waals surface area contributed by atoms with Crippen LogP contribution in [-0.4, -0.2) is 26.8 Å². The van der Waals surface area contributed by atoms with Crippen LogP contribution in [0.5, 0.6) is 11.5 Å². The van der Waals surface area contributed by atoms with E-state index in [2.05, 4.69) is 0 Å². The molecule has 0 bridgehead atoms. The van der Waals surface area contributed by atoms with Gasteiger partial charge in [-0.3, -0.25) is 0 Å². The summed E-state index contributed by atoms with van der Waals surface area (Å²) in [4.78, 5) is 12.0. The highest BCUT2D eigenvalue weighted by Crippen LogP contribution is 2.47. The lowest BCUT2D eigenvalue weighted by Gasteiger charge is -2.35. The average Bonchev–Trinajstić information content (AvgIpc) is 2.91. The number of benzene rings is 1.